The Morgan fingerprint density at radius 2 is 1.95 bits per heavy atom. The lowest BCUT2D eigenvalue weighted by Gasteiger charge is -2.20. The van der Waals surface area contributed by atoms with Gasteiger partial charge in [-0.1, -0.05) is 18.2 Å². The molecule has 112 valence electrons. The molecule has 0 saturated carbocycles. The monoisotopic (exact) mass is 306 g/mol. The van der Waals surface area contributed by atoms with E-state index in [9.17, 15) is 22.8 Å². The number of anilines is 1. The fraction of sp³-hybridized carbons (Fsp3) is 0.200. The third kappa shape index (κ3) is 1.59. The van der Waals surface area contributed by atoms with Crippen LogP contribution in [-0.2, 0) is 11.0 Å². The maximum Gasteiger partial charge on any atom is 0.416 e. The number of hydrogen-bond acceptors (Lipinski definition) is 2. The average molecular weight is 306 g/mol. The first-order valence-electron chi connectivity index (χ1n) is 6.64. The lowest BCUT2D eigenvalue weighted by Crippen LogP contribution is -2.36. The summed E-state index contributed by atoms with van der Waals surface area (Å²) in [5.41, 5.74) is 0.0934. The Morgan fingerprint density at radius 3 is 2.64 bits per heavy atom. The molecule has 3 aliphatic rings. The quantitative estimate of drug-likeness (QED) is 0.748. The van der Waals surface area contributed by atoms with Gasteiger partial charge in [-0.25, -0.2) is 9.69 Å². The Morgan fingerprint density at radius 1 is 1.18 bits per heavy atom. The van der Waals surface area contributed by atoms with Crippen LogP contribution < -0.4 is 4.90 Å². The first-order chi connectivity index (χ1) is 10.4. The van der Waals surface area contributed by atoms with Crippen molar-refractivity contribution >= 4 is 17.6 Å². The molecule has 2 bridgehead atoms. The smallest absolute Gasteiger partial charge is 0.281 e. The molecule has 1 saturated heterocycles. The van der Waals surface area contributed by atoms with Crippen molar-refractivity contribution in [3.63, 3.8) is 0 Å². The number of carbonyl (C=O) groups is 2. The van der Waals surface area contributed by atoms with Crippen molar-refractivity contribution < 1.29 is 22.8 Å². The van der Waals surface area contributed by atoms with Gasteiger partial charge in [-0.15, -0.1) is 0 Å². The van der Waals surface area contributed by atoms with E-state index in [-0.39, 0.29) is 17.4 Å². The fourth-order valence-electron chi connectivity index (χ4n) is 3.09. The van der Waals surface area contributed by atoms with E-state index in [0.717, 1.165) is 22.6 Å². The Labute approximate surface area is 123 Å². The summed E-state index contributed by atoms with van der Waals surface area (Å²) in [7, 11) is 0. The average Bonchev–Trinajstić information content (AvgIpc) is 3.12. The summed E-state index contributed by atoms with van der Waals surface area (Å²) in [6.07, 6.45) is -0.319. The molecule has 7 heteroatoms. The molecule has 0 radical (unpaired) electrons. The van der Waals surface area contributed by atoms with Crippen molar-refractivity contribution in [3.05, 3.63) is 53.3 Å². The van der Waals surface area contributed by atoms with Crippen molar-refractivity contribution in [1.82, 2.24) is 4.90 Å². The van der Waals surface area contributed by atoms with E-state index in [1.807, 2.05) is 6.08 Å². The first kappa shape index (κ1) is 13.1. The topological polar surface area (TPSA) is 40.6 Å². The second kappa shape index (κ2) is 4.00. The molecule has 1 fully saturated rings. The van der Waals surface area contributed by atoms with E-state index < -0.39 is 23.7 Å². The predicted molar refractivity (Wildman–Crippen MR) is 70.7 cm³/mol. The van der Waals surface area contributed by atoms with Crippen LogP contribution in [0.5, 0.6) is 0 Å². The third-order valence-corrected chi connectivity index (χ3v) is 4.06. The minimum absolute atomic E-state index is 0.0632. The highest BCUT2D eigenvalue weighted by molar-refractivity contribution is 6.28. The van der Waals surface area contributed by atoms with Crippen molar-refractivity contribution in [2.75, 3.05) is 4.90 Å². The molecule has 1 aromatic rings. The van der Waals surface area contributed by atoms with Crippen molar-refractivity contribution in [1.29, 1.82) is 0 Å². The molecule has 0 N–H and O–H groups in total. The standard InChI is InChI=1S/C15H9F3N2O2/c16-15(17,18)9-2-1-3-10(7-9)20-13(21)12-8-4-5-11(6-8)19(12)14(20)22/h1-5,7,11H,6H2. The number of fused-ring (bicyclic) bond motifs is 4. The number of urea groups is 1. The largest absolute Gasteiger partial charge is 0.416 e. The SMILES string of the molecule is O=C1C2=C3C=CC(C3)N2C(=O)N1c1cccc(C(F)(F)F)c1. The molecule has 0 spiro atoms. The van der Waals surface area contributed by atoms with Crippen LogP contribution in [0.1, 0.15) is 12.0 Å². The highest BCUT2D eigenvalue weighted by Gasteiger charge is 2.51. The number of hydrogen-bond donors (Lipinski definition) is 0. The molecule has 1 atom stereocenters. The van der Waals surface area contributed by atoms with Crippen molar-refractivity contribution in [3.8, 4) is 0 Å². The molecule has 1 unspecified atom stereocenters. The zero-order valence-corrected chi connectivity index (χ0v) is 11.1. The Bertz CT molecular complexity index is 779. The summed E-state index contributed by atoms with van der Waals surface area (Å²) < 4.78 is 38.4. The number of benzene rings is 1. The minimum Gasteiger partial charge on any atom is -0.281 e. The molecule has 2 aliphatic heterocycles. The molecule has 1 aromatic carbocycles. The molecule has 4 nitrogen and oxygen atoms in total. The first-order valence-corrected chi connectivity index (χ1v) is 6.64. The molecule has 0 aromatic heterocycles. The maximum atomic E-state index is 12.8. The summed E-state index contributed by atoms with van der Waals surface area (Å²) in [6.45, 7) is 0. The van der Waals surface area contributed by atoms with Crippen LogP contribution in [0.2, 0.25) is 0 Å². The second-order valence-electron chi connectivity index (χ2n) is 5.35. The second-order valence-corrected chi connectivity index (χ2v) is 5.35. The molecular weight excluding hydrogens is 297 g/mol. The van der Waals surface area contributed by atoms with Crippen LogP contribution in [-0.4, -0.2) is 22.9 Å². The molecule has 2 heterocycles. The van der Waals surface area contributed by atoms with Gasteiger partial charge in [0.05, 0.1) is 17.3 Å². The van der Waals surface area contributed by atoms with Crippen LogP contribution in [0.25, 0.3) is 0 Å². The Balaban J connectivity index is 1.78. The van der Waals surface area contributed by atoms with Gasteiger partial charge in [-0.05, 0) is 30.2 Å². The Hall–Kier alpha value is -2.57. The Kier molecular flexibility index (Phi) is 2.38. The number of nitrogens with zero attached hydrogens (tertiary/aromatic N) is 2. The number of imide groups is 1. The van der Waals surface area contributed by atoms with Crippen LogP contribution in [0, 0.1) is 0 Å². The van der Waals surface area contributed by atoms with Crippen molar-refractivity contribution in [2.45, 2.75) is 18.6 Å². The molecule has 22 heavy (non-hydrogen) atoms. The number of halogens is 3. The number of amides is 3. The van der Waals surface area contributed by atoms with Gasteiger partial charge in [0.25, 0.3) is 5.91 Å². The van der Waals surface area contributed by atoms with Gasteiger partial charge in [0.2, 0.25) is 0 Å². The molecule has 4 rings (SSSR count). The van der Waals surface area contributed by atoms with Gasteiger partial charge >= 0.3 is 12.2 Å². The van der Waals surface area contributed by atoms with Crippen LogP contribution >= 0.6 is 0 Å². The third-order valence-electron chi connectivity index (χ3n) is 4.06. The molecule has 3 amide bonds. The van der Waals surface area contributed by atoms with E-state index >= 15 is 0 Å². The number of rotatable bonds is 1. The minimum atomic E-state index is -4.53. The molecule has 1 aliphatic carbocycles. The summed E-state index contributed by atoms with van der Waals surface area (Å²) >= 11 is 0. The van der Waals surface area contributed by atoms with E-state index in [1.54, 1.807) is 6.08 Å². The zero-order chi connectivity index (χ0) is 15.6. The van der Waals surface area contributed by atoms with Gasteiger partial charge in [0.1, 0.15) is 5.70 Å². The number of allylic oxidation sites excluding steroid dienone is 1. The van der Waals surface area contributed by atoms with Gasteiger partial charge in [-0.2, -0.15) is 13.2 Å². The summed E-state index contributed by atoms with van der Waals surface area (Å²) in [5, 5.41) is 0. The summed E-state index contributed by atoms with van der Waals surface area (Å²) in [6, 6.07) is 3.45. The van der Waals surface area contributed by atoms with Crippen LogP contribution in [0.4, 0.5) is 23.7 Å². The van der Waals surface area contributed by atoms with E-state index in [1.165, 1.54) is 17.0 Å². The fourth-order valence-corrected chi connectivity index (χ4v) is 3.09. The van der Waals surface area contributed by atoms with Crippen molar-refractivity contribution in [2.24, 2.45) is 0 Å². The summed E-state index contributed by atoms with van der Waals surface area (Å²) in [4.78, 5) is 27.0. The maximum absolute atomic E-state index is 12.8. The summed E-state index contributed by atoms with van der Waals surface area (Å²) in [5.74, 6) is -0.564. The number of alkyl halides is 3. The predicted octanol–water partition coefficient (Wildman–Crippen LogP) is 3.07. The van der Waals surface area contributed by atoms with Gasteiger partial charge in [0, 0.05) is 0 Å². The van der Waals surface area contributed by atoms with Gasteiger partial charge in [-0.3, -0.25) is 9.69 Å². The lowest BCUT2D eigenvalue weighted by molar-refractivity contribution is -0.137. The van der Waals surface area contributed by atoms with E-state index in [2.05, 4.69) is 0 Å². The molecular formula is C15H9F3N2O2. The zero-order valence-electron chi connectivity index (χ0n) is 11.1. The van der Waals surface area contributed by atoms with Crippen LogP contribution in [0.3, 0.4) is 0 Å². The van der Waals surface area contributed by atoms with Gasteiger partial charge in [0.15, 0.2) is 0 Å². The normalized spacial score (nSPS) is 23.1. The van der Waals surface area contributed by atoms with E-state index in [0.29, 0.717) is 6.42 Å². The van der Waals surface area contributed by atoms with Gasteiger partial charge < -0.3 is 0 Å². The van der Waals surface area contributed by atoms with Crippen LogP contribution in [0.15, 0.2) is 47.7 Å². The highest BCUT2D eigenvalue weighted by Crippen LogP contribution is 2.43. The number of carbonyl (C=O) groups excluding carboxylic acids is 2. The van der Waals surface area contributed by atoms with E-state index in [4.69, 9.17) is 0 Å². The highest BCUT2D eigenvalue weighted by atomic mass is 19.4. The lowest BCUT2D eigenvalue weighted by atomic mass is 10.1.